The number of hydrogen-bond donors (Lipinski definition) is 0. The topological polar surface area (TPSA) is 74.4 Å². The maximum Gasteiger partial charge on any atom is 0.272 e. The molecule has 0 unspecified atom stereocenters. The Hall–Kier alpha value is -2.05. The third-order valence-electron chi connectivity index (χ3n) is 3.97. The van der Waals surface area contributed by atoms with E-state index in [2.05, 4.69) is 0 Å². The van der Waals surface area contributed by atoms with Crippen molar-refractivity contribution in [1.29, 1.82) is 0 Å². The quantitative estimate of drug-likeness (QED) is 0.563. The second kappa shape index (κ2) is 6.83. The van der Waals surface area contributed by atoms with Crippen LogP contribution >= 0.6 is 23.2 Å². The van der Waals surface area contributed by atoms with Crippen LogP contribution in [0.1, 0.15) is 33.1 Å². The van der Waals surface area contributed by atoms with E-state index < -0.39 is 4.92 Å². The van der Waals surface area contributed by atoms with Crippen molar-refractivity contribution < 1.29 is 11.0 Å². The fourth-order valence-corrected chi connectivity index (χ4v) is 3.37. The highest BCUT2D eigenvalue weighted by Crippen LogP contribution is 2.39. The molecule has 0 aliphatic heterocycles. The Morgan fingerprint density at radius 3 is 2.50 bits per heavy atom. The molecule has 0 N–H and O–H groups in total. The molecule has 1 aromatic heterocycles. The summed E-state index contributed by atoms with van der Waals surface area (Å²) in [7, 11) is 0. The van der Waals surface area contributed by atoms with Crippen molar-refractivity contribution in [2.24, 2.45) is 0 Å². The predicted octanol–water partition coefficient (Wildman–Crippen LogP) is 4.97. The first kappa shape index (κ1) is 15.5. The van der Waals surface area contributed by atoms with Crippen LogP contribution in [-0.4, -0.2) is 9.49 Å². The number of rotatable bonds is 4. The average molecular weight is 370 g/mol. The second-order valence-electron chi connectivity index (χ2n) is 5.57. The van der Waals surface area contributed by atoms with Crippen molar-refractivity contribution in [2.75, 3.05) is 0 Å². The van der Waals surface area contributed by atoms with E-state index >= 15 is 0 Å². The van der Waals surface area contributed by atoms with Gasteiger partial charge in [-0.15, -0.1) is 0 Å². The monoisotopic (exact) mass is 369 g/mol. The number of benzene rings is 1. The summed E-state index contributed by atoms with van der Waals surface area (Å²) in [5.74, 6) is 0.277. The molecule has 0 bridgehead atoms. The van der Waals surface area contributed by atoms with Crippen molar-refractivity contribution in [2.45, 2.75) is 31.7 Å². The molecule has 1 heterocycles. The van der Waals surface area contributed by atoms with Crippen LogP contribution in [0.3, 0.4) is 0 Å². The number of pyridine rings is 1. The molecule has 1 aliphatic carbocycles. The summed E-state index contributed by atoms with van der Waals surface area (Å²) in [6.45, 7) is 0. The molecule has 0 spiro atoms. The predicted molar refractivity (Wildman–Crippen MR) is 91.4 cm³/mol. The van der Waals surface area contributed by atoms with E-state index in [-0.39, 0.29) is 44.9 Å². The molecular weight excluding hydrogens is 355 g/mol. The first-order chi connectivity index (χ1) is 11.9. The molecule has 0 atom stereocenters. The summed E-state index contributed by atoms with van der Waals surface area (Å²) in [5, 5.41) is 10.8. The van der Waals surface area contributed by atoms with Crippen LogP contribution < -0.4 is 10.3 Å². The molecule has 24 heavy (non-hydrogen) atoms. The number of halogens is 2. The molecule has 1 saturated carbocycles. The van der Waals surface area contributed by atoms with Gasteiger partial charge in [-0.1, -0.05) is 36.0 Å². The summed E-state index contributed by atoms with van der Waals surface area (Å²) in [6, 6.07) is 3.40. The molecular formula is C16H14Cl2N2O4. The number of non-ortho nitro benzene ring substituents is 1. The zero-order chi connectivity index (χ0) is 18.1. The minimum absolute atomic E-state index is 0.0238. The van der Waals surface area contributed by atoms with Gasteiger partial charge in [-0.25, -0.2) is 0 Å². The normalized spacial score (nSPS) is 15.3. The molecule has 0 radical (unpaired) electrons. The van der Waals surface area contributed by atoms with E-state index in [1.165, 1.54) is 16.8 Å². The van der Waals surface area contributed by atoms with Gasteiger partial charge in [-0.05, 0) is 18.9 Å². The Kier molecular flexibility index (Phi) is 4.40. The van der Waals surface area contributed by atoms with Gasteiger partial charge < -0.3 is 9.30 Å². The average Bonchev–Trinajstić information content (AvgIpc) is 3.08. The van der Waals surface area contributed by atoms with Gasteiger partial charge >= 0.3 is 0 Å². The zero-order valence-corrected chi connectivity index (χ0v) is 14.0. The van der Waals surface area contributed by atoms with E-state index in [4.69, 9.17) is 29.3 Å². The van der Waals surface area contributed by atoms with Crippen LogP contribution in [-0.2, 0) is 0 Å². The summed E-state index contributed by atoms with van der Waals surface area (Å²) in [6.07, 6.45) is 5.36. The fraction of sp³-hybridized carbons (Fsp3) is 0.312. The highest BCUT2D eigenvalue weighted by Gasteiger charge is 2.20. The lowest BCUT2D eigenvalue weighted by atomic mass is 10.2. The van der Waals surface area contributed by atoms with E-state index in [9.17, 15) is 14.9 Å². The lowest BCUT2D eigenvalue weighted by Gasteiger charge is -2.15. The Morgan fingerprint density at radius 1 is 1.29 bits per heavy atom. The SMILES string of the molecule is [2H]c1cc(Oc2c(Cl)cc([N+](=O)[O-])cc2Cl)cn(C2CCCC2)c1=O. The summed E-state index contributed by atoms with van der Waals surface area (Å²) in [5.41, 5.74) is -0.625. The molecule has 0 saturated heterocycles. The van der Waals surface area contributed by atoms with Gasteiger partial charge in [-0.2, -0.15) is 0 Å². The molecule has 0 amide bonds. The zero-order valence-electron chi connectivity index (χ0n) is 13.5. The number of ether oxygens (including phenoxy) is 1. The largest absolute Gasteiger partial charge is 0.453 e. The van der Waals surface area contributed by atoms with E-state index in [0.29, 0.717) is 0 Å². The Balaban J connectivity index is 1.98. The second-order valence-corrected chi connectivity index (χ2v) is 6.38. The van der Waals surface area contributed by atoms with Gasteiger partial charge in [0.05, 0.1) is 22.5 Å². The number of aromatic nitrogens is 1. The van der Waals surface area contributed by atoms with Gasteiger partial charge in [0, 0.05) is 24.2 Å². The summed E-state index contributed by atoms with van der Waals surface area (Å²) < 4.78 is 15.0. The number of nitro groups is 1. The van der Waals surface area contributed by atoms with E-state index in [1.54, 1.807) is 0 Å². The highest BCUT2D eigenvalue weighted by atomic mass is 35.5. The van der Waals surface area contributed by atoms with Crippen LogP contribution in [0.2, 0.25) is 10.0 Å². The van der Waals surface area contributed by atoms with E-state index in [0.717, 1.165) is 37.8 Å². The van der Waals surface area contributed by atoms with Crippen LogP contribution in [0, 0.1) is 10.1 Å². The first-order valence-electron chi connectivity index (χ1n) is 7.91. The minimum Gasteiger partial charge on any atom is -0.453 e. The molecule has 8 heteroatoms. The molecule has 2 aromatic rings. The standard InChI is InChI=1S/C16H14Cl2N2O4/c17-13-7-11(20(22)23)8-14(18)16(13)24-12-5-6-15(21)19(9-12)10-3-1-2-4-10/h5-10H,1-4H2/i6D. The van der Waals surface area contributed by atoms with Crippen molar-refractivity contribution in [3.8, 4) is 11.5 Å². The Labute approximate surface area is 149 Å². The molecule has 6 nitrogen and oxygen atoms in total. The molecule has 1 fully saturated rings. The van der Waals surface area contributed by atoms with Gasteiger partial charge in [0.25, 0.3) is 11.2 Å². The Bertz CT molecular complexity index is 871. The van der Waals surface area contributed by atoms with Crippen LogP contribution in [0.25, 0.3) is 0 Å². The lowest BCUT2D eigenvalue weighted by Crippen LogP contribution is -2.21. The molecule has 1 aromatic carbocycles. The smallest absolute Gasteiger partial charge is 0.272 e. The highest BCUT2D eigenvalue weighted by molar-refractivity contribution is 6.37. The summed E-state index contributed by atoms with van der Waals surface area (Å²) in [4.78, 5) is 22.4. The van der Waals surface area contributed by atoms with Crippen molar-refractivity contribution in [3.63, 3.8) is 0 Å². The lowest BCUT2D eigenvalue weighted by molar-refractivity contribution is -0.384. The summed E-state index contributed by atoms with van der Waals surface area (Å²) >= 11 is 12.1. The third-order valence-corrected chi connectivity index (χ3v) is 4.53. The van der Waals surface area contributed by atoms with Gasteiger partial charge in [0.1, 0.15) is 5.75 Å². The Morgan fingerprint density at radius 2 is 1.92 bits per heavy atom. The fourth-order valence-electron chi connectivity index (χ4n) is 2.82. The van der Waals surface area contributed by atoms with Gasteiger partial charge in [0.2, 0.25) is 0 Å². The van der Waals surface area contributed by atoms with Crippen LogP contribution in [0.15, 0.2) is 35.2 Å². The van der Waals surface area contributed by atoms with Gasteiger partial charge in [-0.3, -0.25) is 14.9 Å². The minimum atomic E-state index is -0.607. The number of nitrogens with zero attached hydrogens (tertiary/aromatic N) is 2. The van der Waals surface area contributed by atoms with Crippen molar-refractivity contribution in [1.82, 2.24) is 4.57 Å². The number of nitro benzene ring substituents is 1. The maximum absolute atomic E-state index is 12.2. The third kappa shape index (κ3) is 3.39. The van der Waals surface area contributed by atoms with Crippen molar-refractivity contribution in [3.05, 3.63) is 61.0 Å². The number of hydrogen-bond acceptors (Lipinski definition) is 4. The van der Waals surface area contributed by atoms with Crippen LogP contribution in [0.4, 0.5) is 5.69 Å². The first-order valence-corrected chi connectivity index (χ1v) is 8.16. The van der Waals surface area contributed by atoms with Gasteiger partial charge in [0.15, 0.2) is 5.75 Å². The van der Waals surface area contributed by atoms with Crippen LogP contribution in [0.5, 0.6) is 11.5 Å². The maximum atomic E-state index is 12.2. The molecule has 1 aliphatic rings. The molecule has 3 rings (SSSR count). The molecule has 126 valence electrons. The van der Waals surface area contributed by atoms with E-state index in [1.807, 2.05) is 0 Å². The van der Waals surface area contributed by atoms with Crippen molar-refractivity contribution >= 4 is 28.9 Å².